The molecule has 9 nitrogen and oxygen atoms in total. The zero-order chi connectivity index (χ0) is 22.5. The summed E-state index contributed by atoms with van der Waals surface area (Å²) >= 11 is 0. The topological polar surface area (TPSA) is 116 Å². The van der Waals surface area contributed by atoms with Gasteiger partial charge in [-0.25, -0.2) is 9.78 Å². The van der Waals surface area contributed by atoms with Crippen LogP contribution in [0.2, 0.25) is 0 Å². The zero-order valence-corrected chi connectivity index (χ0v) is 17.0. The van der Waals surface area contributed by atoms with E-state index in [1.54, 1.807) is 37.3 Å². The first-order valence-electron chi connectivity index (χ1n) is 9.76. The number of carbonyl (C=O) groups is 1. The summed E-state index contributed by atoms with van der Waals surface area (Å²) in [7, 11) is 0. The van der Waals surface area contributed by atoms with Crippen molar-refractivity contribution in [2.45, 2.75) is 6.92 Å². The van der Waals surface area contributed by atoms with Gasteiger partial charge in [0.2, 0.25) is 5.82 Å². The molecule has 0 bridgehead atoms. The smallest absolute Gasteiger partial charge is 0.373 e. The average molecular weight is 430 g/mol. The number of rotatable bonds is 7. The Morgan fingerprint density at radius 3 is 2.66 bits per heavy atom. The van der Waals surface area contributed by atoms with E-state index >= 15 is 0 Å². The fraction of sp³-hybridized carbons (Fsp3) is 0.0870. The Balaban J connectivity index is 1.70. The summed E-state index contributed by atoms with van der Waals surface area (Å²) < 4.78 is 10.8. The van der Waals surface area contributed by atoms with Crippen molar-refractivity contribution in [1.82, 2.24) is 9.97 Å². The molecule has 0 atom stereocenters. The molecule has 0 aliphatic heterocycles. The molecule has 0 unspecified atom stereocenters. The van der Waals surface area contributed by atoms with Gasteiger partial charge in [-0.05, 0) is 36.6 Å². The van der Waals surface area contributed by atoms with Gasteiger partial charge in [-0.15, -0.1) is 0 Å². The van der Waals surface area contributed by atoms with E-state index in [9.17, 15) is 14.9 Å². The number of hydrogen-bond acceptors (Lipinski definition) is 8. The third kappa shape index (κ3) is 4.31. The summed E-state index contributed by atoms with van der Waals surface area (Å²) in [5.41, 5.74) is 0.302. The Labute approximate surface area is 182 Å². The SMILES string of the molecule is CCOC(=O)c1cccc(Nc2ncnc(Oc3cccc4ccccc34)c2[N+](=O)[O-])c1. The molecule has 0 amide bonds. The molecular formula is C23H18N4O5. The first kappa shape index (κ1) is 20.7. The second-order valence-electron chi connectivity index (χ2n) is 6.64. The number of ether oxygens (including phenoxy) is 2. The molecule has 1 N–H and O–H groups in total. The zero-order valence-electron chi connectivity index (χ0n) is 17.0. The van der Waals surface area contributed by atoms with Gasteiger partial charge in [0.05, 0.1) is 17.1 Å². The van der Waals surface area contributed by atoms with Gasteiger partial charge in [0.1, 0.15) is 12.1 Å². The lowest BCUT2D eigenvalue weighted by molar-refractivity contribution is -0.385. The van der Waals surface area contributed by atoms with Gasteiger partial charge in [-0.2, -0.15) is 4.98 Å². The summed E-state index contributed by atoms with van der Waals surface area (Å²) in [6, 6.07) is 19.3. The molecule has 3 aromatic carbocycles. The predicted molar refractivity (Wildman–Crippen MR) is 118 cm³/mol. The number of nitro groups is 1. The number of benzene rings is 3. The Kier molecular flexibility index (Phi) is 5.89. The van der Waals surface area contributed by atoms with Crippen molar-refractivity contribution in [2.24, 2.45) is 0 Å². The Hall–Kier alpha value is -4.53. The summed E-state index contributed by atoms with van der Waals surface area (Å²) in [4.78, 5) is 31.2. The Morgan fingerprint density at radius 2 is 1.84 bits per heavy atom. The van der Waals surface area contributed by atoms with Gasteiger partial charge >= 0.3 is 17.5 Å². The molecule has 0 saturated heterocycles. The van der Waals surface area contributed by atoms with Crippen LogP contribution < -0.4 is 10.1 Å². The lowest BCUT2D eigenvalue weighted by Gasteiger charge is -2.11. The van der Waals surface area contributed by atoms with E-state index in [1.165, 1.54) is 12.4 Å². The van der Waals surface area contributed by atoms with Gasteiger partial charge in [0, 0.05) is 11.1 Å². The van der Waals surface area contributed by atoms with E-state index in [-0.39, 0.29) is 18.3 Å². The quantitative estimate of drug-likeness (QED) is 0.240. The number of fused-ring (bicyclic) bond motifs is 1. The highest BCUT2D eigenvalue weighted by Gasteiger charge is 2.26. The average Bonchev–Trinajstić information content (AvgIpc) is 2.80. The third-order valence-electron chi connectivity index (χ3n) is 4.56. The molecule has 0 saturated carbocycles. The number of nitrogens with one attached hydrogen (secondary N) is 1. The summed E-state index contributed by atoms with van der Waals surface area (Å²) in [5.74, 6) is -0.333. The van der Waals surface area contributed by atoms with Gasteiger partial charge in [0.25, 0.3) is 0 Å². The van der Waals surface area contributed by atoms with Crippen LogP contribution in [0.15, 0.2) is 73.1 Å². The van der Waals surface area contributed by atoms with Crippen molar-refractivity contribution in [3.63, 3.8) is 0 Å². The van der Waals surface area contributed by atoms with Crippen molar-refractivity contribution >= 4 is 33.9 Å². The first-order chi connectivity index (χ1) is 15.6. The standard InChI is InChI=1S/C23H18N4O5/c1-2-31-23(28)16-9-5-10-17(13-16)26-21-20(27(29)30)22(25-14-24-21)32-19-12-6-8-15-7-3-4-11-18(15)19/h3-14H,2H2,1H3,(H,24,25,26). The van der Waals surface area contributed by atoms with Gasteiger partial charge in [0.15, 0.2) is 0 Å². The summed E-state index contributed by atoms with van der Waals surface area (Å²) in [6.45, 7) is 1.95. The van der Waals surface area contributed by atoms with E-state index in [1.807, 2.05) is 30.3 Å². The minimum Gasteiger partial charge on any atom is -0.462 e. The molecule has 32 heavy (non-hydrogen) atoms. The van der Waals surface area contributed by atoms with Crippen molar-refractivity contribution in [3.05, 3.63) is 88.7 Å². The van der Waals surface area contributed by atoms with Crippen molar-refractivity contribution in [1.29, 1.82) is 0 Å². The van der Waals surface area contributed by atoms with Crippen LogP contribution in [-0.2, 0) is 4.74 Å². The van der Waals surface area contributed by atoms with Crippen molar-refractivity contribution < 1.29 is 19.2 Å². The lowest BCUT2D eigenvalue weighted by atomic mass is 10.1. The maximum absolute atomic E-state index is 12.0. The number of nitrogens with zero attached hydrogens (tertiary/aromatic N) is 3. The van der Waals surface area contributed by atoms with Crippen LogP contribution in [-0.4, -0.2) is 27.5 Å². The van der Waals surface area contributed by atoms with Crippen LogP contribution in [0.5, 0.6) is 11.6 Å². The van der Waals surface area contributed by atoms with Crippen LogP contribution >= 0.6 is 0 Å². The first-order valence-corrected chi connectivity index (χ1v) is 9.76. The van der Waals surface area contributed by atoms with E-state index < -0.39 is 16.6 Å². The molecule has 0 aliphatic carbocycles. The number of aromatic nitrogens is 2. The van der Waals surface area contributed by atoms with E-state index in [0.717, 1.165) is 10.8 Å². The van der Waals surface area contributed by atoms with Gasteiger partial charge in [-0.1, -0.05) is 42.5 Å². The monoisotopic (exact) mass is 430 g/mol. The second kappa shape index (κ2) is 9.09. The fourth-order valence-corrected chi connectivity index (χ4v) is 3.16. The van der Waals surface area contributed by atoms with Crippen LogP contribution in [0.1, 0.15) is 17.3 Å². The maximum Gasteiger partial charge on any atom is 0.373 e. The molecule has 0 radical (unpaired) electrons. The molecule has 1 heterocycles. The Morgan fingerprint density at radius 1 is 1.06 bits per heavy atom. The number of anilines is 2. The minimum absolute atomic E-state index is 0.0683. The highest BCUT2D eigenvalue weighted by atomic mass is 16.6. The van der Waals surface area contributed by atoms with E-state index in [4.69, 9.17) is 9.47 Å². The van der Waals surface area contributed by atoms with Gasteiger partial charge < -0.3 is 14.8 Å². The molecule has 0 fully saturated rings. The number of carbonyl (C=O) groups excluding carboxylic acids is 1. The highest BCUT2D eigenvalue weighted by Crippen LogP contribution is 2.37. The number of esters is 1. The van der Waals surface area contributed by atoms with Crippen LogP contribution in [0, 0.1) is 10.1 Å². The summed E-state index contributed by atoms with van der Waals surface area (Å²) in [6.07, 6.45) is 1.17. The molecule has 1 aromatic heterocycles. The number of hydrogen-bond donors (Lipinski definition) is 1. The van der Waals surface area contributed by atoms with E-state index in [2.05, 4.69) is 15.3 Å². The molecule has 4 rings (SSSR count). The molecule has 0 spiro atoms. The van der Waals surface area contributed by atoms with E-state index in [0.29, 0.717) is 17.0 Å². The Bertz CT molecular complexity index is 1300. The maximum atomic E-state index is 12.0. The predicted octanol–water partition coefficient (Wildman–Crippen LogP) is 5.25. The second-order valence-corrected chi connectivity index (χ2v) is 6.64. The van der Waals surface area contributed by atoms with Crippen LogP contribution in [0.3, 0.4) is 0 Å². The van der Waals surface area contributed by atoms with Crippen molar-refractivity contribution in [3.8, 4) is 11.6 Å². The fourth-order valence-electron chi connectivity index (χ4n) is 3.16. The lowest BCUT2D eigenvalue weighted by Crippen LogP contribution is -2.06. The largest absolute Gasteiger partial charge is 0.462 e. The molecular weight excluding hydrogens is 412 g/mol. The normalized spacial score (nSPS) is 10.5. The molecule has 160 valence electrons. The third-order valence-corrected chi connectivity index (χ3v) is 4.56. The summed E-state index contributed by atoms with van der Waals surface area (Å²) in [5, 5.41) is 16.5. The highest BCUT2D eigenvalue weighted by molar-refractivity contribution is 5.91. The van der Waals surface area contributed by atoms with Crippen LogP contribution in [0.25, 0.3) is 10.8 Å². The van der Waals surface area contributed by atoms with Crippen molar-refractivity contribution in [2.75, 3.05) is 11.9 Å². The van der Waals surface area contributed by atoms with Crippen LogP contribution in [0.4, 0.5) is 17.2 Å². The molecule has 4 aromatic rings. The van der Waals surface area contributed by atoms with Gasteiger partial charge in [-0.3, -0.25) is 10.1 Å². The molecule has 9 heteroatoms. The minimum atomic E-state index is -0.613. The molecule has 0 aliphatic rings.